The van der Waals surface area contributed by atoms with Gasteiger partial charge in [0.1, 0.15) is 0 Å². The second-order valence-electron chi connectivity index (χ2n) is 5.86. The monoisotopic (exact) mass is 296 g/mol. The molecule has 3 heteroatoms. The van der Waals surface area contributed by atoms with Crippen molar-refractivity contribution in [1.82, 2.24) is 9.97 Å². The Labute approximate surface area is 129 Å². The minimum Gasteiger partial charge on any atom is -0.334 e. The molecule has 0 fully saturated rings. The average molecular weight is 297 g/mol. The van der Waals surface area contributed by atoms with Crippen LogP contribution >= 0.6 is 12.2 Å². The van der Waals surface area contributed by atoms with E-state index in [-0.39, 0.29) is 0 Å². The number of aromatic amines is 2. The molecule has 0 saturated carbocycles. The van der Waals surface area contributed by atoms with Gasteiger partial charge in [0.2, 0.25) is 0 Å². The van der Waals surface area contributed by atoms with Gasteiger partial charge < -0.3 is 9.97 Å². The maximum atomic E-state index is 5.25. The van der Waals surface area contributed by atoms with Gasteiger partial charge in [-0.15, -0.1) is 0 Å². The Morgan fingerprint density at radius 2 is 1.05 bits per heavy atom. The number of aryl methyl sites for hydroxylation is 2. The first-order valence-electron chi connectivity index (χ1n) is 8.58. The summed E-state index contributed by atoms with van der Waals surface area (Å²) in [4.78, 5) is 6.69. The van der Waals surface area contributed by atoms with Crippen LogP contribution in [0.25, 0.3) is 0 Å². The molecule has 2 nitrogen and oxygen atoms in total. The van der Waals surface area contributed by atoms with E-state index in [1.165, 1.54) is 75.6 Å². The molecular formula is C17H32N2S. The zero-order valence-corrected chi connectivity index (χ0v) is 14.2. The number of unbranched alkanes of at least 4 members (excludes halogenated alkanes) is 8. The second kappa shape index (κ2) is 11.1. The van der Waals surface area contributed by atoms with Crippen LogP contribution in [-0.4, -0.2) is 9.97 Å². The van der Waals surface area contributed by atoms with E-state index in [1.54, 1.807) is 0 Å². The highest BCUT2D eigenvalue weighted by Crippen LogP contribution is 2.14. The first-order chi connectivity index (χ1) is 9.77. The van der Waals surface area contributed by atoms with Crippen molar-refractivity contribution in [3.05, 3.63) is 16.2 Å². The van der Waals surface area contributed by atoms with E-state index in [4.69, 9.17) is 12.2 Å². The van der Waals surface area contributed by atoms with Crippen molar-refractivity contribution >= 4 is 12.2 Å². The van der Waals surface area contributed by atoms with Crippen LogP contribution in [0.15, 0.2) is 0 Å². The van der Waals surface area contributed by atoms with Crippen LogP contribution in [-0.2, 0) is 12.8 Å². The molecule has 0 aliphatic rings. The molecule has 0 amide bonds. The summed E-state index contributed by atoms with van der Waals surface area (Å²) in [5.41, 5.74) is 2.73. The number of nitrogens with one attached hydrogen (secondary N) is 2. The van der Waals surface area contributed by atoms with E-state index in [9.17, 15) is 0 Å². The van der Waals surface area contributed by atoms with Gasteiger partial charge in [-0.25, -0.2) is 0 Å². The van der Waals surface area contributed by atoms with Crippen molar-refractivity contribution in [3.63, 3.8) is 0 Å². The number of aromatic nitrogens is 2. The maximum absolute atomic E-state index is 5.25. The third kappa shape index (κ3) is 7.28. The Morgan fingerprint density at radius 3 is 1.45 bits per heavy atom. The lowest BCUT2D eigenvalue weighted by Crippen LogP contribution is -1.95. The summed E-state index contributed by atoms with van der Waals surface area (Å²) < 4.78 is 0.803. The summed E-state index contributed by atoms with van der Waals surface area (Å²) >= 11 is 5.25. The van der Waals surface area contributed by atoms with Gasteiger partial charge >= 0.3 is 0 Å². The second-order valence-corrected chi connectivity index (χ2v) is 6.27. The Kier molecular flexibility index (Phi) is 9.73. The normalized spacial score (nSPS) is 11.1. The third-order valence-electron chi connectivity index (χ3n) is 3.95. The van der Waals surface area contributed by atoms with Gasteiger partial charge in [-0.1, -0.05) is 65.2 Å². The van der Waals surface area contributed by atoms with Crippen LogP contribution in [0.5, 0.6) is 0 Å². The van der Waals surface area contributed by atoms with Crippen molar-refractivity contribution in [1.29, 1.82) is 0 Å². The van der Waals surface area contributed by atoms with Gasteiger partial charge in [0.25, 0.3) is 0 Å². The van der Waals surface area contributed by atoms with Gasteiger partial charge in [-0.3, -0.25) is 0 Å². The van der Waals surface area contributed by atoms with Crippen LogP contribution in [0.2, 0.25) is 0 Å². The molecule has 116 valence electrons. The number of hydrogen-bond acceptors (Lipinski definition) is 1. The highest BCUT2D eigenvalue weighted by atomic mass is 32.1. The minimum absolute atomic E-state index is 0.803. The minimum atomic E-state index is 0.803. The molecule has 1 rings (SSSR count). The summed E-state index contributed by atoms with van der Waals surface area (Å²) in [6.45, 7) is 4.53. The van der Waals surface area contributed by atoms with E-state index in [0.717, 1.165) is 17.6 Å². The van der Waals surface area contributed by atoms with Crippen LogP contribution in [0.4, 0.5) is 0 Å². The van der Waals surface area contributed by atoms with E-state index < -0.39 is 0 Å². The first kappa shape index (κ1) is 17.5. The summed E-state index contributed by atoms with van der Waals surface area (Å²) in [5.74, 6) is 0. The topological polar surface area (TPSA) is 31.6 Å². The molecule has 0 unspecified atom stereocenters. The molecule has 0 spiro atoms. The van der Waals surface area contributed by atoms with E-state index in [1.807, 2.05) is 0 Å². The van der Waals surface area contributed by atoms with Crippen molar-refractivity contribution < 1.29 is 0 Å². The number of hydrogen-bond donors (Lipinski definition) is 2. The SMILES string of the molecule is CCCCCCCc1[nH]c(=S)[nH]c1CCCCCCC. The predicted molar refractivity (Wildman–Crippen MR) is 90.9 cm³/mol. The molecule has 0 aliphatic heterocycles. The summed E-state index contributed by atoms with van der Waals surface area (Å²) in [6, 6.07) is 0. The van der Waals surface area contributed by atoms with Gasteiger partial charge in [0, 0.05) is 11.4 Å². The molecular weight excluding hydrogens is 264 g/mol. The number of rotatable bonds is 12. The Bertz CT molecular complexity index is 357. The van der Waals surface area contributed by atoms with Crippen molar-refractivity contribution in [2.45, 2.75) is 90.9 Å². The summed E-state index contributed by atoms with van der Waals surface area (Å²) in [7, 11) is 0. The molecule has 0 atom stereocenters. The molecule has 0 bridgehead atoms. The largest absolute Gasteiger partial charge is 0.334 e. The predicted octanol–water partition coefficient (Wildman–Crippen LogP) is 6.10. The fourth-order valence-corrected chi connectivity index (χ4v) is 2.94. The van der Waals surface area contributed by atoms with Crippen molar-refractivity contribution in [2.24, 2.45) is 0 Å². The lowest BCUT2D eigenvalue weighted by atomic mass is 10.0. The Morgan fingerprint density at radius 1 is 0.650 bits per heavy atom. The van der Waals surface area contributed by atoms with Gasteiger partial charge in [0.05, 0.1) is 0 Å². The van der Waals surface area contributed by atoms with Crippen LogP contribution in [0, 0.1) is 4.77 Å². The lowest BCUT2D eigenvalue weighted by Gasteiger charge is -2.04. The molecule has 0 saturated heterocycles. The zero-order valence-electron chi connectivity index (χ0n) is 13.4. The Hall–Kier alpha value is -0.570. The van der Waals surface area contributed by atoms with Crippen LogP contribution in [0.1, 0.15) is 89.4 Å². The molecule has 2 N–H and O–H groups in total. The van der Waals surface area contributed by atoms with Crippen LogP contribution in [0.3, 0.4) is 0 Å². The fourth-order valence-electron chi connectivity index (χ4n) is 2.69. The average Bonchev–Trinajstić information content (AvgIpc) is 2.79. The van der Waals surface area contributed by atoms with E-state index in [0.29, 0.717) is 0 Å². The smallest absolute Gasteiger partial charge is 0.174 e. The van der Waals surface area contributed by atoms with Crippen molar-refractivity contribution in [2.75, 3.05) is 0 Å². The van der Waals surface area contributed by atoms with E-state index >= 15 is 0 Å². The molecule has 1 aromatic heterocycles. The van der Waals surface area contributed by atoms with Crippen molar-refractivity contribution in [3.8, 4) is 0 Å². The summed E-state index contributed by atoms with van der Waals surface area (Å²) in [5, 5.41) is 0. The van der Waals surface area contributed by atoms with Gasteiger partial charge in [-0.2, -0.15) is 0 Å². The Balaban J connectivity index is 2.29. The molecule has 20 heavy (non-hydrogen) atoms. The molecule has 1 aromatic rings. The highest BCUT2D eigenvalue weighted by Gasteiger charge is 2.05. The summed E-state index contributed by atoms with van der Waals surface area (Å²) in [6.07, 6.45) is 15.7. The van der Waals surface area contributed by atoms with E-state index in [2.05, 4.69) is 23.8 Å². The lowest BCUT2D eigenvalue weighted by molar-refractivity contribution is 0.616. The van der Waals surface area contributed by atoms with Crippen LogP contribution < -0.4 is 0 Å². The standard InChI is InChI=1S/C17H32N2S/c1-3-5-7-9-11-13-15-16(19-17(20)18-15)14-12-10-8-6-4-2/h3-14H2,1-2H3,(H2,18,19,20). The number of H-pyrrole nitrogens is 2. The van der Waals surface area contributed by atoms with Gasteiger partial charge in [-0.05, 0) is 37.9 Å². The fraction of sp³-hybridized carbons (Fsp3) is 0.824. The zero-order chi connectivity index (χ0) is 14.6. The highest BCUT2D eigenvalue weighted by molar-refractivity contribution is 7.71. The molecule has 0 aliphatic carbocycles. The molecule has 0 aromatic carbocycles. The third-order valence-corrected chi connectivity index (χ3v) is 4.16. The quantitative estimate of drug-likeness (QED) is 0.354. The molecule has 1 heterocycles. The first-order valence-corrected chi connectivity index (χ1v) is 8.98. The van der Waals surface area contributed by atoms with Gasteiger partial charge in [0.15, 0.2) is 4.77 Å². The number of imidazole rings is 1. The maximum Gasteiger partial charge on any atom is 0.174 e. The molecule has 0 radical (unpaired) electrons.